The topological polar surface area (TPSA) is 140 Å². The molecular weight excluding hydrogens is 420 g/mol. The molecule has 0 unspecified atom stereocenters. The fourth-order valence-corrected chi connectivity index (χ4v) is 3.89. The Kier molecular flexibility index (Phi) is 8.01. The second kappa shape index (κ2) is 10.7. The molecule has 0 aliphatic carbocycles. The normalized spacial score (nSPS) is 13.4. The largest absolute Gasteiger partial charge is 0.395 e. The number of rotatable bonds is 11. The lowest BCUT2D eigenvalue weighted by Gasteiger charge is -2.30. The minimum absolute atomic E-state index is 0.0337. The highest BCUT2D eigenvalue weighted by Gasteiger charge is 2.24. The van der Waals surface area contributed by atoms with Crippen LogP contribution in [0.2, 0.25) is 0 Å². The third-order valence-corrected chi connectivity index (χ3v) is 5.81. The number of aliphatic hydroxyl groups is 2. The van der Waals surface area contributed by atoms with Crippen LogP contribution < -0.4 is 16.6 Å². The van der Waals surface area contributed by atoms with Crippen LogP contribution in [0, 0.1) is 0 Å². The molecule has 0 saturated heterocycles. The van der Waals surface area contributed by atoms with Crippen LogP contribution in [0.15, 0.2) is 35.3 Å². The number of likely N-dealkylation sites (N-methyl/N-ethyl adjacent to an activating group) is 1. The van der Waals surface area contributed by atoms with Crippen LogP contribution >= 0.6 is 0 Å². The average Bonchev–Trinajstić information content (AvgIpc) is 2.78. The summed E-state index contributed by atoms with van der Waals surface area (Å²) >= 11 is 0. The van der Waals surface area contributed by atoms with E-state index in [0.29, 0.717) is 24.4 Å². The molecule has 33 heavy (non-hydrogen) atoms. The molecule has 2 heterocycles. The van der Waals surface area contributed by atoms with Crippen LogP contribution in [0.25, 0.3) is 22.0 Å². The van der Waals surface area contributed by atoms with Gasteiger partial charge in [0.15, 0.2) is 0 Å². The lowest BCUT2D eigenvalue weighted by molar-refractivity contribution is 0.212. The summed E-state index contributed by atoms with van der Waals surface area (Å²) in [4.78, 5) is 25.6. The van der Waals surface area contributed by atoms with Crippen molar-refractivity contribution < 1.29 is 10.2 Å². The van der Waals surface area contributed by atoms with Crippen molar-refractivity contribution in [2.45, 2.75) is 45.2 Å². The van der Waals surface area contributed by atoms with Crippen molar-refractivity contribution in [3.63, 3.8) is 0 Å². The quantitative estimate of drug-likeness (QED) is 0.297. The first kappa shape index (κ1) is 24.6. The SMILES string of the molecule is CCCC[C@](C)(CO)Nc1nc(N)nc2cc(-c3cc(=O)[nH]cc3CN(C)CCO)ccc12. The molecule has 1 atom stereocenters. The van der Waals surface area contributed by atoms with Crippen LogP contribution in [0.1, 0.15) is 38.7 Å². The van der Waals surface area contributed by atoms with Gasteiger partial charge in [-0.25, -0.2) is 4.98 Å². The molecule has 1 aromatic carbocycles. The van der Waals surface area contributed by atoms with Crippen molar-refractivity contribution in [1.82, 2.24) is 19.9 Å². The summed E-state index contributed by atoms with van der Waals surface area (Å²) in [5, 5.41) is 23.4. The Morgan fingerprint density at radius 3 is 2.73 bits per heavy atom. The maximum atomic E-state index is 12.1. The third-order valence-electron chi connectivity index (χ3n) is 5.81. The summed E-state index contributed by atoms with van der Waals surface area (Å²) in [5.74, 6) is 0.706. The van der Waals surface area contributed by atoms with E-state index in [9.17, 15) is 15.0 Å². The van der Waals surface area contributed by atoms with E-state index < -0.39 is 5.54 Å². The number of unbranched alkanes of at least 4 members (excludes halogenated alkanes) is 1. The second-order valence-corrected chi connectivity index (χ2v) is 8.81. The highest BCUT2D eigenvalue weighted by molar-refractivity contribution is 5.93. The molecule has 0 radical (unpaired) electrons. The van der Waals surface area contributed by atoms with E-state index in [1.807, 2.05) is 37.1 Å². The fourth-order valence-electron chi connectivity index (χ4n) is 3.89. The number of H-pyrrole nitrogens is 1. The predicted octanol–water partition coefficient (Wildman–Crippen LogP) is 2.34. The molecule has 0 amide bonds. The van der Waals surface area contributed by atoms with E-state index in [1.54, 1.807) is 12.3 Å². The molecule has 9 heteroatoms. The van der Waals surface area contributed by atoms with E-state index in [4.69, 9.17) is 5.73 Å². The number of aromatic amines is 1. The summed E-state index contributed by atoms with van der Waals surface area (Å²) in [6.07, 6.45) is 4.50. The molecule has 3 aromatic rings. The highest BCUT2D eigenvalue weighted by atomic mass is 16.3. The summed E-state index contributed by atoms with van der Waals surface area (Å²) in [5.41, 5.74) is 8.49. The van der Waals surface area contributed by atoms with Crippen molar-refractivity contribution in [1.29, 1.82) is 0 Å². The van der Waals surface area contributed by atoms with Gasteiger partial charge in [0.05, 0.1) is 24.3 Å². The lowest BCUT2D eigenvalue weighted by atomic mass is 9.95. The first-order chi connectivity index (χ1) is 15.8. The lowest BCUT2D eigenvalue weighted by Crippen LogP contribution is -2.39. The Labute approximate surface area is 193 Å². The van der Waals surface area contributed by atoms with Gasteiger partial charge in [0.25, 0.3) is 0 Å². The molecule has 0 aliphatic heterocycles. The summed E-state index contributed by atoms with van der Waals surface area (Å²) in [7, 11) is 1.91. The van der Waals surface area contributed by atoms with Gasteiger partial charge in [-0.05, 0) is 49.2 Å². The number of fused-ring (bicyclic) bond motifs is 1. The second-order valence-electron chi connectivity index (χ2n) is 8.81. The Morgan fingerprint density at radius 1 is 1.24 bits per heavy atom. The number of anilines is 2. The molecule has 0 aliphatic rings. The van der Waals surface area contributed by atoms with Gasteiger partial charge < -0.3 is 26.2 Å². The van der Waals surface area contributed by atoms with Crippen LogP contribution in [0.5, 0.6) is 0 Å². The van der Waals surface area contributed by atoms with Gasteiger partial charge >= 0.3 is 0 Å². The smallest absolute Gasteiger partial charge is 0.248 e. The summed E-state index contributed by atoms with van der Waals surface area (Å²) in [6.45, 7) is 5.19. The number of nitrogen functional groups attached to an aromatic ring is 1. The van der Waals surface area contributed by atoms with Gasteiger partial charge in [-0.3, -0.25) is 9.69 Å². The summed E-state index contributed by atoms with van der Waals surface area (Å²) < 4.78 is 0. The zero-order valence-corrected chi connectivity index (χ0v) is 19.6. The highest BCUT2D eigenvalue weighted by Crippen LogP contribution is 2.31. The zero-order chi connectivity index (χ0) is 24.0. The van der Waals surface area contributed by atoms with Gasteiger partial charge in [-0.2, -0.15) is 4.98 Å². The average molecular weight is 455 g/mol. The minimum atomic E-state index is -0.528. The maximum Gasteiger partial charge on any atom is 0.248 e. The molecule has 0 bridgehead atoms. The van der Waals surface area contributed by atoms with E-state index in [-0.39, 0.29) is 24.7 Å². The molecule has 2 aromatic heterocycles. The van der Waals surface area contributed by atoms with Crippen molar-refractivity contribution in [3.05, 3.63) is 46.4 Å². The van der Waals surface area contributed by atoms with E-state index in [0.717, 1.165) is 41.3 Å². The number of nitrogens with zero attached hydrogens (tertiary/aromatic N) is 3. The van der Waals surface area contributed by atoms with Crippen molar-refractivity contribution in [2.24, 2.45) is 0 Å². The molecule has 9 nitrogen and oxygen atoms in total. The molecule has 0 spiro atoms. The van der Waals surface area contributed by atoms with Gasteiger partial charge in [0.2, 0.25) is 11.5 Å². The third kappa shape index (κ3) is 6.07. The monoisotopic (exact) mass is 454 g/mol. The Bertz CT molecular complexity index is 1150. The number of pyridine rings is 1. The molecule has 6 N–H and O–H groups in total. The minimum Gasteiger partial charge on any atom is -0.395 e. The number of benzene rings is 1. The van der Waals surface area contributed by atoms with Crippen molar-refractivity contribution >= 4 is 22.7 Å². The van der Waals surface area contributed by atoms with Crippen LogP contribution in [0.4, 0.5) is 11.8 Å². The number of nitrogens with two attached hydrogens (primary N) is 1. The first-order valence-corrected chi connectivity index (χ1v) is 11.3. The maximum absolute atomic E-state index is 12.1. The zero-order valence-electron chi connectivity index (χ0n) is 19.6. The van der Waals surface area contributed by atoms with Crippen molar-refractivity contribution in [2.75, 3.05) is 37.9 Å². The number of aromatic nitrogens is 3. The fraction of sp³-hybridized carbons (Fsp3) is 0.458. The van der Waals surface area contributed by atoms with E-state index in [2.05, 4.69) is 27.2 Å². The molecular formula is C24H34N6O3. The molecule has 3 rings (SSSR count). The van der Waals surface area contributed by atoms with Gasteiger partial charge in [0, 0.05) is 30.7 Å². The molecule has 0 saturated carbocycles. The number of hydrogen-bond donors (Lipinski definition) is 5. The predicted molar refractivity (Wildman–Crippen MR) is 132 cm³/mol. The molecule has 178 valence electrons. The summed E-state index contributed by atoms with van der Waals surface area (Å²) in [6, 6.07) is 7.30. The standard InChI is InChI=1S/C24H34N6O3/c1-4-5-8-24(2,15-32)29-22-18-7-6-16(11-20(18)27-23(25)28-22)19-12-21(33)26-13-17(19)14-30(3)9-10-31/h6-7,11-13,31-32H,4-5,8-10,14-15H2,1-3H3,(H,26,33)(H3,25,27,28,29)/t24-/m1/s1. The number of hydrogen-bond acceptors (Lipinski definition) is 8. The van der Waals surface area contributed by atoms with E-state index in [1.165, 1.54) is 0 Å². The van der Waals surface area contributed by atoms with Crippen LogP contribution in [0.3, 0.4) is 0 Å². The Balaban J connectivity index is 2.04. The number of nitrogens with one attached hydrogen (secondary N) is 2. The van der Waals surface area contributed by atoms with Gasteiger partial charge in [-0.1, -0.05) is 25.8 Å². The van der Waals surface area contributed by atoms with Gasteiger partial charge in [-0.15, -0.1) is 0 Å². The van der Waals surface area contributed by atoms with Crippen molar-refractivity contribution in [3.8, 4) is 11.1 Å². The Morgan fingerprint density at radius 2 is 2.03 bits per heavy atom. The van der Waals surface area contributed by atoms with Crippen LogP contribution in [-0.2, 0) is 6.54 Å². The van der Waals surface area contributed by atoms with Crippen LogP contribution in [-0.4, -0.2) is 62.4 Å². The Hall–Kier alpha value is -3.01. The first-order valence-electron chi connectivity index (χ1n) is 11.3. The molecule has 0 fully saturated rings. The van der Waals surface area contributed by atoms with E-state index >= 15 is 0 Å². The van der Waals surface area contributed by atoms with Gasteiger partial charge in [0.1, 0.15) is 5.82 Å². The number of aliphatic hydroxyl groups excluding tert-OH is 2.